The highest BCUT2D eigenvalue weighted by Crippen LogP contribution is 2.30. The molecule has 0 N–H and O–H groups in total. The number of ketones is 1. The van der Waals surface area contributed by atoms with E-state index >= 15 is 0 Å². The van der Waals surface area contributed by atoms with Gasteiger partial charge in [-0.1, -0.05) is 62.4 Å². The Morgan fingerprint density at radius 3 is 2.15 bits per heavy atom. The maximum atomic E-state index is 13.1. The Hall–Kier alpha value is -3.58. The van der Waals surface area contributed by atoms with E-state index in [1.807, 2.05) is 19.9 Å². The third-order valence-corrected chi connectivity index (χ3v) is 6.82. The van der Waals surface area contributed by atoms with Crippen molar-refractivity contribution in [1.29, 1.82) is 0 Å². The molecule has 0 saturated heterocycles. The van der Waals surface area contributed by atoms with E-state index in [0.717, 1.165) is 5.56 Å². The number of rotatable bonds is 5. The normalized spacial score (nSPS) is 16.3. The van der Waals surface area contributed by atoms with E-state index in [2.05, 4.69) is 9.39 Å². The molecule has 7 heteroatoms. The van der Waals surface area contributed by atoms with Crippen molar-refractivity contribution in [2.45, 2.75) is 31.1 Å². The fourth-order valence-corrected chi connectivity index (χ4v) is 4.72. The van der Waals surface area contributed by atoms with Crippen LogP contribution >= 0.6 is 0 Å². The Morgan fingerprint density at radius 1 is 0.848 bits per heavy atom. The summed E-state index contributed by atoms with van der Waals surface area (Å²) in [5, 5.41) is 0. The van der Waals surface area contributed by atoms with Gasteiger partial charge in [-0.25, -0.2) is 4.99 Å². The van der Waals surface area contributed by atoms with Crippen molar-refractivity contribution >= 4 is 32.9 Å². The monoisotopic (exact) mass is 460 g/mol. The SMILES string of the molecule is COc1ccccc1N=C1C/C(=N/S(=O)(=O)c2ccc(C(C)C)cc2)c2ccccc2C1=O. The number of ether oxygens (including phenoxy) is 1. The molecule has 4 rings (SSSR count). The van der Waals surface area contributed by atoms with E-state index in [1.165, 1.54) is 7.11 Å². The van der Waals surface area contributed by atoms with Crippen LogP contribution in [-0.4, -0.2) is 32.7 Å². The second-order valence-corrected chi connectivity index (χ2v) is 9.62. The van der Waals surface area contributed by atoms with Crippen molar-refractivity contribution in [3.8, 4) is 5.75 Å². The summed E-state index contributed by atoms with van der Waals surface area (Å²) >= 11 is 0. The highest BCUT2D eigenvalue weighted by atomic mass is 32.2. The van der Waals surface area contributed by atoms with Gasteiger partial charge in [-0.05, 0) is 35.7 Å². The summed E-state index contributed by atoms with van der Waals surface area (Å²) in [6.45, 7) is 4.09. The Bertz CT molecular complexity index is 1370. The van der Waals surface area contributed by atoms with Crippen molar-refractivity contribution in [2.24, 2.45) is 9.39 Å². The highest BCUT2D eigenvalue weighted by Gasteiger charge is 2.29. The number of Topliss-reactive ketones (excluding diaryl/α,β-unsaturated/α-hetero) is 1. The third kappa shape index (κ3) is 4.64. The number of nitrogens with zero attached hydrogens (tertiary/aromatic N) is 2. The van der Waals surface area contributed by atoms with Crippen LogP contribution in [0.3, 0.4) is 0 Å². The van der Waals surface area contributed by atoms with Crippen LogP contribution in [-0.2, 0) is 10.0 Å². The van der Waals surface area contributed by atoms with E-state index in [4.69, 9.17) is 4.74 Å². The quantitative estimate of drug-likeness (QED) is 0.513. The minimum Gasteiger partial charge on any atom is -0.494 e. The Morgan fingerprint density at radius 2 is 1.48 bits per heavy atom. The molecule has 33 heavy (non-hydrogen) atoms. The molecule has 0 radical (unpaired) electrons. The minimum absolute atomic E-state index is 0.00277. The summed E-state index contributed by atoms with van der Waals surface area (Å²) in [6.07, 6.45) is -0.00277. The first-order valence-electron chi connectivity index (χ1n) is 10.6. The number of sulfonamides is 1. The van der Waals surface area contributed by atoms with Gasteiger partial charge < -0.3 is 4.74 Å². The number of carbonyl (C=O) groups excluding carboxylic acids is 1. The molecule has 0 saturated carbocycles. The average Bonchev–Trinajstić information content (AvgIpc) is 2.82. The van der Waals surface area contributed by atoms with Gasteiger partial charge in [0.1, 0.15) is 11.4 Å². The lowest BCUT2D eigenvalue weighted by molar-refractivity contribution is 0.106. The molecule has 0 aliphatic heterocycles. The topological polar surface area (TPSA) is 85.2 Å². The van der Waals surface area contributed by atoms with Crippen molar-refractivity contribution in [1.82, 2.24) is 0 Å². The van der Waals surface area contributed by atoms with E-state index in [0.29, 0.717) is 22.6 Å². The van der Waals surface area contributed by atoms with Crippen molar-refractivity contribution < 1.29 is 17.9 Å². The van der Waals surface area contributed by atoms with Crippen LogP contribution in [0.2, 0.25) is 0 Å². The first kappa shape index (κ1) is 22.6. The molecule has 0 atom stereocenters. The predicted octanol–water partition coefficient (Wildman–Crippen LogP) is 5.36. The standard InChI is InChI=1S/C26H24N2O4S/c1-17(2)18-12-14-19(15-13-18)33(30,31)28-23-16-24(26(29)21-9-5-4-8-20(21)23)27-22-10-6-7-11-25(22)32-3/h4-15,17H,16H2,1-3H3/b27-24?,28-23-. The number of benzene rings is 3. The molecule has 1 aliphatic rings. The Labute approximate surface area is 193 Å². The summed E-state index contributed by atoms with van der Waals surface area (Å²) in [7, 11) is -2.45. The fraction of sp³-hybridized carbons (Fsp3) is 0.192. The van der Waals surface area contributed by atoms with Crippen molar-refractivity contribution in [2.75, 3.05) is 7.11 Å². The van der Waals surface area contributed by atoms with Crippen molar-refractivity contribution in [3.63, 3.8) is 0 Å². The van der Waals surface area contributed by atoms with E-state index in [-0.39, 0.29) is 34.4 Å². The Balaban J connectivity index is 1.80. The molecule has 0 bridgehead atoms. The number of para-hydroxylation sites is 2. The summed E-state index contributed by atoms with van der Waals surface area (Å²) in [6, 6.07) is 20.7. The van der Waals surface area contributed by atoms with Gasteiger partial charge in [0.05, 0.1) is 23.4 Å². The molecule has 0 unspecified atom stereocenters. The van der Waals surface area contributed by atoms with Gasteiger partial charge in [-0.3, -0.25) is 4.79 Å². The predicted molar refractivity (Wildman–Crippen MR) is 130 cm³/mol. The van der Waals surface area contributed by atoms with Gasteiger partial charge in [-0.15, -0.1) is 0 Å². The second kappa shape index (κ2) is 9.11. The average molecular weight is 461 g/mol. The largest absolute Gasteiger partial charge is 0.494 e. The lowest BCUT2D eigenvalue weighted by Crippen LogP contribution is -2.28. The van der Waals surface area contributed by atoms with Crippen LogP contribution in [0.25, 0.3) is 0 Å². The van der Waals surface area contributed by atoms with Gasteiger partial charge in [0, 0.05) is 17.5 Å². The second-order valence-electron chi connectivity index (χ2n) is 8.02. The van der Waals surface area contributed by atoms with Gasteiger partial charge >= 0.3 is 0 Å². The summed E-state index contributed by atoms with van der Waals surface area (Å²) in [5.41, 5.74) is 2.91. The van der Waals surface area contributed by atoms with E-state index in [9.17, 15) is 13.2 Å². The fourth-order valence-electron chi connectivity index (χ4n) is 3.68. The maximum Gasteiger partial charge on any atom is 0.282 e. The van der Waals surface area contributed by atoms with Crippen molar-refractivity contribution in [3.05, 3.63) is 89.5 Å². The summed E-state index contributed by atoms with van der Waals surface area (Å²) < 4.78 is 35.7. The molecule has 168 valence electrons. The zero-order chi connectivity index (χ0) is 23.6. The molecule has 0 fully saturated rings. The van der Waals surface area contributed by atoms with E-state index < -0.39 is 10.0 Å². The van der Waals surface area contributed by atoms with E-state index in [1.54, 1.807) is 66.7 Å². The van der Waals surface area contributed by atoms with Crippen LogP contribution in [0.1, 0.15) is 47.7 Å². The smallest absolute Gasteiger partial charge is 0.282 e. The van der Waals surface area contributed by atoms with Crippen LogP contribution < -0.4 is 4.74 Å². The van der Waals surface area contributed by atoms with Gasteiger partial charge in [-0.2, -0.15) is 12.8 Å². The van der Waals surface area contributed by atoms with Crippen LogP contribution in [0.5, 0.6) is 5.75 Å². The number of methoxy groups -OCH3 is 1. The molecule has 0 heterocycles. The molecule has 3 aromatic carbocycles. The molecule has 6 nitrogen and oxygen atoms in total. The molecule has 3 aromatic rings. The van der Waals surface area contributed by atoms with Crippen LogP contribution in [0.4, 0.5) is 5.69 Å². The summed E-state index contributed by atoms with van der Waals surface area (Å²) in [4.78, 5) is 17.8. The molecule has 1 aliphatic carbocycles. The number of aliphatic imine (C=N–C) groups is 1. The molecule has 0 spiro atoms. The molecular formula is C26H24N2O4S. The Kier molecular flexibility index (Phi) is 6.24. The zero-order valence-electron chi connectivity index (χ0n) is 18.6. The van der Waals surface area contributed by atoms with Crippen LogP contribution in [0.15, 0.2) is 87.1 Å². The first-order chi connectivity index (χ1) is 15.8. The van der Waals surface area contributed by atoms with Gasteiger partial charge in [0.15, 0.2) is 0 Å². The van der Waals surface area contributed by atoms with Gasteiger partial charge in [0.25, 0.3) is 10.0 Å². The number of hydrogen-bond donors (Lipinski definition) is 0. The number of fused-ring (bicyclic) bond motifs is 1. The molecule has 0 amide bonds. The first-order valence-corrected chi connectivity index (χ1v) is 12.0. The minimum atomic E-state index is -3.97. The zero-order valence-corrected chi connectivity index (χ0v) is 19.5. The van der Waals surface area contributed by atoms with Crippen LogP contribution in [0, 0.1) is 0 Å². The van der Waals surface area contributed by atoms with Gasteiger partial charge in [0.2, 0.25) is 5.78 Å². The highest BCUT2D eigenvalue weighted by molar-refractivity contribution is 7.90. The summed E-state index contributed by atoms with van der Waals surface area (Å²) in [5.74, 6) is 0.556. The number of hydrogen-bond acceptors (Lipinski definition) is 5. The third-order valence-electron chi connectivity index (χ3n) is 5.50. The lowest BCUT2D eigenvalue weighted by atomic mass is 9.87. The number of carbonyl (C=O) groups is 1. The molecule has 0 aromatic heterocycles. The maximum absolute atomic E-state index is 13.1. The molecular weight excluding hydrogens is 436 g/mol. The lowest BCUT2D eigenvalue weighted by Gasteiger charge is -2.19.